The fraction of sp³-hybridized carbons (Fsp3) is 0.240. The van der Waals surface area contributed by atoms with Crippen LogP contribution in [0, 0.1) is 5.82 Å². The molecule has 6 nitrogen and oxygen atoms in total. The lowest BCUT2D eigenvalue weighted by molar-refractivity contribution is -0.119. The molecule has 0 aliphatic heterocycles. The van der Waals surface area contributed by atoms with Crippen LogP contribution in [0.4, 0.5) is 10.1 Å². The van der Waals surface area contributed by atoms with Crippen LogP contribution in [-0.4, -0.2) is 34.0 Å². The Morgan fingerprint density at radius 2 is 1.65 bits per heavy atom. The molecular weight excluding hydrogens is 523 g/mol. The summed E-state index contributed by atoms with van der Waals surface area (Å²) in [6.07, 6.45) is 1.31. The lowest BCUT2D eigenvalue weighted by Gasteiger charge is -2.24. The van der Waals surface area contributed by atoms with Crippen LogP contribution in [0.1, 0.15) is 18.9 Å². The van der Waals surface area contributed by atoms with Gasteiger partial charge in [-0.2, -0.15) is 0 Å². The van der Waals surface area contributed by atoms with Gasteiger partial charge >= 0.3 is 0 Å². The van der Waals surface area contributed by atoms with Gasteiger partial charge in [-0.15, -0.1) is 0 Å². The van der Waals surface area contributed by atoms with E-state index < -0.39 is 15.9 Å². The SMILES string of the molecule is CCOc1ccc(N(CC(=O)NCCCc2ccc(F)cc2)S(=O)(=O)c2ccc(Br)cc2)cc1. The van der Waals surface area contributed by atoms with Crippen molar-refractivity contribution >= 4 is 37.5 Å². The molecule has 0 fully saturated rings. The van der Waals surface area contributed by atoms with E-state index in [0.29, 0.717) is 37.4 Å². The number of amides is 1. The first-order valence-electron chi connectivity index (χ1n) is 10.8. The number of sulfonamides is 1. The Kier molecular flexibility index (Phi) is 9.06. The van der Waals surface area contributed by atoms with Gasteiger partial charge in [-0.3, -0.25) is 9.10 Å². The first-order chi connectivity index (χ1) is 16.3. The summed E-state index contributed by atoms with van der Waals surface area (Å²) < 4.78 is 47.1. The van der Waals surface area contributed by atoms with E-state index in [1.54, 1.807) is 48.5 Å². The van der Waals surface area contributed by atoms with Crippen molar-refractivity contribution < 1.29 is 22.3 Å². The first-order valence-corrected chi connectivity index (χ1v) is 13.0. The summed E-state index contributed by atoms with van der Waals surface area (Å²) in [6, 6.07) is 19.0. The Balaban J connectivity index is 1.71. The summed E-state index contributed by atoms with van der Waals surface area (Å²) in [5, 5.41) is 2.78. The highest BCUT2D eigenvalue weighted by atomic mass is 79.9. The van der Waals surface area contributed by atoms with Gasteiger partial charge in [-0.25, -0.2) is 12.8 Å². The van der Waals surface area contributed by atoms with Crippen LogP contribution in [-0.2, 0) is 21.2 Å². The van der Waals surface area contributed by atoms with E-state index in [1.807, 2.05) is 6.92 Å². The number of carbonyl (C=O) groups is 1. The number of anilines is 1. The number of benzene rings is 3. The number of halogens is 2. The summed E-state index contributed by atoms with van der Waals surface area (Å²) in [7, 11) is -3.99. The molecule has 34 heavy (non-hydrogen) atoms. The van der Waals surface area contributed by atoms with Crippen molar-refractivity contribution in [3.05, 3.63) is 88.6 Å². The van der Waals surface area contributed by atoms with Crippen molar-refractivity contribution in [1.82, 2.24) is 5.32 Å². The molecule has 1 amide bonds. The predicted octanol–water partition coefficient (Wildman–Crippen LogP) is 4.93. The Bertz CT molecular complexity index is 1190. The van der Waals surface area contributed by atoms with Crippen molar-refractivity contribution in [3.63, 3.8) is 0 Å². The third-order valence-electron chi connectivity index (χ3n) is 5.00. The second-order valence-corrected chi connectivity index (χ2v) is 10.3. The van der Waals surface area contributed by atoms with E-state index >= 15 is 0 Å². The van der Waals surface area contributed by atoms with Crippen LogP contribution in [0.5, 0.6) is 5.75 Å². The monoisotopic (exact) mass is 548 g/mol. The maximum Gasteiger partial charge on any atom is 0.264 e. The molecular formula is C25H26BrFN2O4S. The predicted molar refractivity (Wildman–Crippen MR) is 134 cm³/mol. The number of nitrogens with zero attached hydrogens (tertiary/aromatic N) is 1. The van der Waals surface area contributed by atoms with E-state index in [9.17, 15) is 17.6 Å². The highest BCUT2D eigenvalue weighted by Crippen LogP contribution is 2.26. The van der Waals surface area contributed by atoms with Gasteiger partial charge in [0, 0.05) is 11.0 Å². The molecule has 180 valence electrons. The summed E-state index contributed by atoms with van der Waals surface area (Å²) in [5.74, 6) is -0.107. The van der Waals surface area contributed by atoms with Crippen LogP contribution in [0.3, 0.4) is 0 Å². The van der Waals surface area contributed by atoms with Gasteiger partial charge in [0.25, 0.3) is 10.0 Å². The molecule has 0 atom stereocenters. The van der Waals surface area contributed by atoms with E-state index in [0.717, 1.165) is 14.3 Å². The fourth-order valence-corrected chi connectivity index (χ4v) is 4.97. The molecule has 3 aromatic rings. The number of hydrogen-bond acceptors (Lipinski definition) is 4. The smallest absolute Gasteiger partial charge is 0.264 e. The molecule has 3 aromatic carbocycles. The maximum atomic E-state index is 13.4. The molecule has 0 bridgehead atoms. The van der Waals surface area contributed by atoms with Crippen molar-refractivity contribution in [1.29, 1.82) is 0 Å². The topological polar surface area (TPSA) is 75.7 Å². The Hall–Kier alpha value is -2.91. The molecule has 9 heteroatoms. The van der Waals surface area contributed by atoms with Crippen molar-refractivity contribution in [2.24, 2.45) is 0 Å². The van der Waals surface area contributed by atoms with E-state index in [1.165, 1.54) is 24.3 Å². The summed E-state index contributed by atoms with van der Waals surface area (Å²) >= 11 is 3.31. The number of rotatable bonds is 11. The quantitative estimate of drug-likeness (QED) is 0.344. The lowest BCUT2D eigenvalue weighted by atomic mass is 10.1. The fourth-order valence-electron chi connectivity index (χ4n) is 3.28. The maximum absolute atomic E-state index is 13.4. The minimum absolute atomic E-state index is 0.0775. The lowest BCUT2D eigenvalue weighted by Crippen LogP contribution is -2.41. The van der Waals surface area contributed by atoms with Gasteiger partial charge < -0.3 is 10.1 Å². The van der Waals surface area contributed by atoms with Gasteiger partial charge in [-0.05, 0) is 86.0 Å². The largest absolute Gasteiger partial charge is 0.494 e. The number of hydrogen-bond donors (Lipinski definition) is 1. The summed E-state index contributed by atoms with van der Waals surface area (Å²) in [5.41, 5.74) is 1.32. The molecule has 0 heterocycles. The molecule has 0 saturated heterocycles. The number of nitrogens with one attached hydrogen (secondary N) is 1. The first kappa shape index (κ1) is 25.7. The highest BCUT2D eigenvalue weighted by Gasteiger charge is 2.27. The number of carbonyl (C=O) groups excluding carboxylic acids is 1. The molecule has 3 rings (SSSR count). The second kappa shape index (κ2) is 12.0. The molecule has 0 saturated carbocycles. The number of aryl methyl sites for hydroxylation is 1. The van der Waals surface area contributed by atoms with Crippen molar-refractivity contribution in [2.45, 2.75) is 24.7 Å². The van der Waals surface area contributed by atoms with Gasteiger partial charge in [0.05, 0.1) is 17.2 Å². The Morgan fingerprint density at radius 3 is 2.26 bits per heavy atom. The van der Waals surface area contributed by atoms with Crippen LogP contribution < -0.4 is 14.4 Å². The van der Waals surface area contributed by atoms with Crippen molar-refractivity contribution in [3.8, 4) is 5.75 Å². The highest BCUT2D eigenvalue weighted by molar-refractivity contribution is 9.10. The summed E-state index contributed by atoms with van der Waals surface area (Å²) in [6.45, 7) is 2.34. The van der Waals surface area contributed by atoms with E-state index in [2.05, 4.69) is 21.2 Å². The zero-order valence-electron chi connectivity index (χ0n) is 18.7. The summed E-state index contributed by atoms with van der Waals surface area (Å²) in [4.78, 5) is 12.8. The molecule has 0 aromatic heterocycles. The van der Waals surface area contributed by atoms with Crippen LogP contribution in [0.15, 0.2) is 82.2 Å². The average Bonchev–Trinajstić information content (AvgIpc) is 2.82. The molecule has 0 aliphatic rings. The van der Waals surface area contributed by atoms with Gasteiger partial charge in [-0.1, -0.05) is 28.1 Å². The minimum Gasteiger partial charge on any atom is -0.494 e. The third-order valence-corrected chi connectivity index (χ3v) is 7.32. The normalized spacial score (nSPS) is 11.1. The standard InChI is InChI=1S/C25H26BrFN2O4S/c1-2-33-23-13-11-22(12-14-23)29(34(31,32)24-15-7-20(26)8-16-24)18-25(30)28-17-3-4-19-5-9-21(27)10-6-19/h5-16H,2-4,17-18H2,1H3,(H,28,30). The zero-order valence-corrected chi connectivity index (χ0v) is 21.1. The Morgan fingerprint density at radius 1 is 1.00 bits per heavy atom. The van der Waals surface area contributed by atoms with Gasteiger partial charge in [0.15, 0.2) is 0 Å². The second-order valence-electron chi connectivity index (χ2n) is 7.47. The molecule has 0 spiro atoms. The molecule has 0 unspecified atom stereocenters. The van der Waals surface area contributed by atoms with E-state index in [4.69, 9.17) is 4.74 Å². The van der Waals surface area contributed by atoms with Crippen LogP contribution in [0.2, 0.25) is 0 Å². The molecule has 0 aliphatic carbocycles. The van der Waals surface area contributed by atoms with Gasteiger partial charge in [0.2, 0.25) is 5.91 Å². The van der Waals surface area contributed by atoms with Crippen LogP contribution >= 0.6 is 15.9 Å². The van der Waals surface area contributed by atoms with Crippen molar-refractivity contribution in [2.75, 3.05) is 24.0 Å². The molecule has 1 N–H and O–H groups in total. The zero-order chi connectivity index (χ0) is 24.6. The van der Waals surface area contributed by atoms with Crippen LogP contribution in [0.25, 0.3) is 0 Å². The van der Waals surface area contributed by atoms with Gasteiger partial charge in [0.1, 0.15) is 18.1 Å². The van der Waals surface area contributed by atoms with E-state index in [-0.39, 0.29) is 17.3 Å². The minimum atomic E-state index is -3.99. The Labute approximate surface area is 207 Å². The number of ether oxygens (including phenoxy) is 1. The average molecular weight is 549 g/mol. The molecule has 0 radical (unpaired) electrons. The third kappa shape index (κ3) is 7.04.